The molecule has 0 radical (unpaired) electrons. The molecule has 3 nitrogen and oxygen atoms in total. The average molecular weight is 331 g/mol. The van der Waals surface area contributed by atoms with Crippen molar-refractivity contribution in [3.8, 4) is 0 Å². The first kappa shape index (κ1) is 15.7. The summed E-state index contributed by atoms with van der Waals surface area (Å²) in [5, 5.41) is -0.227. The summed E-state index contributed by atoms with van der Waals surface area (Å²) in [6, 6.07) is 11.3. The van der Waals surface area contributed by atoms with Gasteiger partial charge in [0.05, 0.1) is 17.6 Å². The van der Waals surface area contributed by atoms with Gasteiger partial charge in [-0.3, -0.25) is 0 Å². The van der Waals surface area contributed by atoms with Crippen molar-refractivity contribution in [3.05, 3.63) is 54.2 Å². The van der Waals surface area contributed by atoms with Gasteiger partial charge in [-0.25, -0.2) is 9.78 Å². The van der Waals surface area contributed by atoms with E-state index in [4.69, 9.17) is 4.18 Å². The fraction of sp³-hybridized carbons (Fsp3) is 0.0769. The van der Waals surface area contributed by atoms with Crippen molar-refractivity contribution in [1.29, 1.82) is 0 Å². The molecule has 110 valence electrons. The average Bonchev–Trinajstić information content (AvgIpc) is 2.45. The van der Waals surface area contributed by atoms with Crippen LogP contribution in [0.2, 0.25) is 0 Å². The van der Waals surface area contributed by atoms with E-state index in [0.29, 0.717) is 0 Å². The van der Waals surface area contributed by atoms with Crippen LogP contribution in [-0.2, 0) is 4.18 Å². The third-order valence-electron chi connectivity index (χ3n) is 2.15. The number of hydrogen-bond acceptors (Lipinski definition) is 5. The first-order valence-electron chi connectivity index (χ1n) is 5.60. The van der Waals surface area contributed by atoms with E-state index in [2.05, 4.69) is 4.98 Å². The van der Waals surface area contributed by atoms with Crippen molar-refractivity contribution in [2.75, 3.05) is 0 Å². The second-order valence-corrected chi connectivity index (χ2v) is 5.59. The van der Waals surface area contributed by atoms with Crippen molar-refractivity contribution in [3.63, 3.8) is 0 Å². The van der Waals surface area contributed by atoms with E-state index in [-0.39, 0.29) is 22.4 Å². The first-order valence-corrected chi connectivity index (χ1v) is 7.15. The SMILES string of the molecule is O=C(OSc1ccccc1)c1ccc(SC(F)(F)F)nc1. The third-order valence-corrected chi connectivity index (χ3v) is 3.53. The van der Waals surface area contributed by atoms with Crippen molar-refractivity contribution in [1.82, 2.24) is 4.98 Å². The molecule has 0 N–H and O–H groups in total. The lowest BCUT2D eigenvalue weighted by molar-refractivity contribution is -0.0329. The number of benzene rings is 1. The molecule has 0 saturated heterocycles. The van der Waals surface area contributed by atoms with E-state index in [1.165, 1.54) is 6.07 Å². The fourth-order valence-corrected chi connectivity index (χ4v) is 2.31. The van der Waals surface area contributed by atoms with Gasteiger partial charge in [0, 0.05) is 22.9 Å². The lowest BCUT2D eigenvalue weighted by Gasteiger charge is -2.05. The highest BCUT2D eigenvalue weighted by Crippen LogP contribution is 2.35. The summed E-state index contributed by atoms with van der Waals surface area (Å²) >= 11 is 0.538. The maximum Gasteiger partial charge on any atom is 0.447 e. The van der Waals surface area contributed by atoms with Crippen LogP contribution in [0.1, 0.15) is 10.4 Å². The fourth-order valence-electron chi connectivity index (χ4n) is 1.29. The van der Waals surface area contributed by atoms with Crippen molar-refractivity contribution in [2.24, 2.45) is 0 Å². The Kier molecular flexibility index (Phi) is 5.13. The Hall–Kier alpha value is -1.67. The van der Waals surface area contributed by atoms with Crippen LogP contribution < -0.4 is 0 Å². The molecule has 0 unspecified atom stereocenters. The van der Waals surface area contributed by atoms with Gasteiger partial charge in [0.2, 0.25) is 0 Å². The zero-order chi connectivity index (χ0) is 15.3. The largest absolute Gasteiger partial charge is 0.447 e. The molecule has 1 aromatic heterocycles. The molecule has 0 aliphatic rings. The van der Waals surface area contributed by atoms with Gasteiger partial charge in [-0.1, -0.05) is 18.2 Å². The molecular weight excluding hydrogens is 323 g/mol. The monoisotopic (exact) mass is 331 g/mol. The van der Waals surface area contributed by atoms with Crippen LogP contribution in [0.25, 0.3) is 0 Å². The Morgan fingerprint density at radius 1 is 1.10 bits per heavy atom. The normalized spacial score (nSPS) is 11.2. The number of alkyl halides is 3. The smallest absolute Gasteiger partial charge is 0.382 e. The summed E-state index contributed by atoms with van der Waals surface area (Å²) in [5.74, 6) is -0.667. The molecule has 0 spiro atoms. The molecule has 2 rings (SSSR count). The van der Waals surface area contributed by atoms with Crippen molar-refractivity contribution < 1.29 is 22.1 Å². The molecule has 0 amide bonds. The van der Waals surface area contributed by atoms with Crippen LogP contribution in [0.5, 0.6) is 0 Å². The van der Waals surface area contributed by atoms with E-state index in [0.717, 1.165) is 29.2 Å². The zero-order valence-corrected chi connectivity index (χ0v) is 12.0. The number of thioether (sulfide) groups is 1. The van der Waals surface area contributed by atoms with Crippen LogP contribution >= 0.6 is 23.8 Å². The Morgan fingerprint density at radius 2 is 1.81 bits per heavy atom. The highest BCUT2D eigenvalue weighted by molar-refractivity contribution is 8.00. The minimum absolute atomic E-state index is 0.0879. The Morgan fingerprint density at radius 3 is 2.38 bits per heavy atom. The second kappa shape index (κ2) is 6.86. The van der Waals surface area contributed by atoms with E-state index < -0.39 is 11.5 Å². The van der Waals surface area contributed by atoms with Crippen LogP contribution in [0, 0.1) is 0 Å². The van der Waals surface area contributed by atoms with Gasteiger partial charge in [-0.05, 0) is 24.3 Å². The molecule has 0 atom stereocenters. The molecule has 0 aliphatic heterocycles. The highest BCUT2D eigenvalue weighted by atomic mass is 32.2. The summed E-state index contributed by atoms with van der Waals surface area (Å²) in [6.45, 7) is 0. The number of pyridine rings is 1. The highest BCUT2D eigenvalue weighted by Gasteiger charge is 2.30. The quantitative estimate of drug-likeness (QED) is 0.607. The number of aromatic nitrogens is 1. The number of carbonyl (C=O) groups is 1. The maximum atomic E-state index is 12.1. The zero-order valence-electron chi connectivity index (χ0n) is 10.3. The number of halogens is 3. The first-order chi connectivity index (χ1) is 9.94. The lowest BCUT2D eigenvalue weighted by Crippen LogP contribution is -2.03. The molecule has 0 fully saturated rings. The van der Waals surface area contributed by atoms with Gasteiger partial charge in [-0.2, -0.15) is 13.2 Å². The van der Waals surface area contributed by atoms with Crippen molar-refractivity contribution in [2.45, 2.75) is 15.4 Å². The summed E-state index contributed by atoms with van der Waals surface area (Å²) < 4.78 is 41.4. The number of rotatable bonds is 4. The lowest BCUT2D eigenvalue weighted by atomic mass is 10.3. The Balaban J connectivity index is 1.94. The Bertz CT molecular complexity index is 603. The van der Waals surface area contributed by atoms with Gasteiger partial charge in [0.15, 0.2) is 0 Å². The second-order valence-electron chi connectivity index (χ2n) is 3.70. The third kappa shape index (κ3) is 5.31. The summed E-state index contributed by atoms with van der Waals surface area (Å²) in [4.78, 5) is 16.0. The van der Waals surface area contributed by atoms with Crippen molar-refractivity contribution >= 4 is 29.8 Å². The molecule has 2 aromatic rings. The van der Waals surface area contributed by atoms with Gasteiger partial charge in [0.25, 0.3) is 0 Å². The van der Waals surface area contributed by atoms with Crippen LogP contribution in [0.15, 0.2) is 58.6 Å². The molecule has 1 heterocycles. The standard InChI is InChI=1S/C13H8F3NO2S2/c14-13(15,16)20-11-7-6-9(8-17-11)12(18)19-21-10-4-2-1-3-5-10/h1-8H. The predicted octanol–water partition coefficient (Wildman–Crippen LogP) is 4.56. The molecule has 8 heteroatoms. The van der Waals surface area contributed by atoms with E-state index in [9.17, 15) is 18.0 Å². The molecule has 0 aliphatic carbocycles. The van der Waals surface area contributed by atoms with Gasteiger partial charge >= 0.3 is 11.5 Å². The summed E-state index contributed by atoms with van der Waals surface area (Å²) in [6.07, 6.45) is 1.06. The minimum atomic E-state index is -4.40. The van der Waals surface area contributed by atoms with Crippen LogP contribution in [0.3, 0.4) is 0 Å². The maximum absolute atomic E-state index is 12.1. The van der Waals surface area contributed by atoms with E-state index >= 15 is 0 Å². The van der Waals surface area contributed by atoms with E-state index in [1.54, 1.807) is 24.3 Å². The Labute approximate surface area is 127 Å². The number of nitrogens with zero attached hydrogens (tertiary/aromatic N) is 1. The van der Waals surface area contributed by atoms with Crippen LogP contribution in [0.4, 0.5) is 13.2 Å². The molecule has 0 bridgehead atoms. The predicted molar refractivity (Wildman–Crippen MR) is 73.9 cm³/mol. The molecule has 21 heavy (non-hydrogen) atoms. The minimum Gasteiger partial charge on any atom is -0.382 e. The van der Waals surface area contributed by atoms with Crippen LogP contribution in [-0.4, -0.2) is 16.5 Å². The summed E-state index contributed by atoms with van der Waals surface area (Å²) in [5.41, 5.74) is -4.32. The van der Waals surface area contributed by atoms with Gasteiger partial charge in [0.1, 0.15) is 5.03 Å². The van der Waals surface area contributed by atoms with E-state index in [1.807, 2.05) is 6.07 Å². The van der Waals surface area contributed by atoms with Gasteiger partial charge in [-0.15, -0.1) is 0 Å². The number of hydrogen-bond donors (Lipinski definition) is 0. The molecular formula is C13H8F3NO2S2. The van der Waals surface area contributed by atoms with Gasteiger partial charge < -0.3 is 4.18 Å². The topological polar surface area (TPSA) is 39.2 Å². The molecule has 0 saturated carbocycles. The summed E-state index contributed by atoms with van der Waals surface area (Å²) in [7, 11) is 0. The number of carbonyl (C=O) groups excluding carboxylic acids is 1. The molecule has 1 aromatic carbocycles.